The summed E-state index contributed by atoms with van der Waals surface area (Å²) in [7, 11) is 0. The summed E-state index contributed by atoms with van der Waals surface area (Å²) in [6.07, 6.45) is 6.42. The van der Waals surface area contributed by atoms with E-state index in [9.17, 15) is 9.59 Å². The van der Waals surface area contributed by atoms with Gasteiger partial charge in [-0.3, -0.25) is 4.79 Å². The number of ether oxygens (including phenoxy) is 1. The second-order valence-electron chi connectivity index (χ2n) is 5.23. The Balaban J connectivity index is 1.79. The molecule has 2 atom stereocenters. The zero-order valence-electron chi connectivity index (χ0n) is 10.6. The molecular weight excluding hydrogens is 234 g/mol. The number of carbonyl (C=O) groups is 2. The van der Waals surface area contributed by atoms with E-state index in [0.717, 1.165) is 25.7 Å². The first-order valence-electron chi connectivity index (χ1n) is 6.85. The van der Waals surface area contributed by atoms with Crippen molar-refractivity contribution in [1.82, 2.24) is 5.32 Å². The van der Waals surface area contributed by atoms with Crippen molar-refractivity contribution in [3.63, 3.8) is 0 Å². The Bertz CT molecular complexity index is 310. The molecule has 0 aromatic rings. The number of carbonyl (C=O) groups excluding carboxylic acids is 1. The van der Waals surface area contributed by atoms with Gasteiger partial charge in [-0.05, 0) is 25.7 Å². The lowest BCUT2D eigenvalue weighted by atomic mass is 10.1. The van der Waals surface area contributed by atoms with Gasteiger partial charge in [-0.2, -0.15) is 0 Å². The van der Waals surface area contributed by atoms with E-state index in [-0.39, 0.29) is 11.9 Å². The van der Waals surface area contributed by atoms with Gasteiger partial charge in [-0.1, -0.05) is 25.7 Å². The molecule has 0 aromatic carbocycles. The average Bonchev–Trinajstić information content (AvgIpc) is 2.70. The van der Waals surface area contributed by atoms with Gasteiger partial charge in [-0.25, -0.2) is 4.79 Å². The fourth-order valence-electron chi connectivity index (χ4n) is 2.73. The predicted octanol–water partition coefficient (Wildman–Crippen LogP) is 1.46. The van der Waals surface area contributed by atoms with Crippen molar-refractivity contribution in [3.8, 4) is 0 Å². The number of hydrogen-bond donors (Lipinski definition) is 2. The summed E-state index contributed by atoms with van der Waals surface area (Å²) in [5, 5.41) is 11.8. The summed E-state index contributed by atoms with van der Waals surface area (Å²) in [5.74, 6) is -1.11. The van der Waals surface area contributed by atoms with E-state index in [1.807, 2.05) is 0 Å². The molecule has 1 saturated heterocycles. The zero-order chi connectivity index (χ0) is 13.0. The Labute approximate surface area is 107 Å². The maximum Gasteiger partial charge on any atom is 0.332 e. The van der Waals surface area contributed by atoms with E-state index in [1.165, 1.54) is 12.8 Å². The van der Waals surface area contributed by atoms with Crippen LogP contribution in [-0.4, -0.2) is 35.2 Å². The molecule has 0 unspecified atom stereocenters. The second-order valence-corrected chi connectivity index (χ2v) is 5.23. The Morgan fingerprint density at radius 3 is 2.11 bits per heavy atom. The van der Waals surface area contributed by atoms with Crippen LogP contribution in [0, 0.1) is 0 Å². The molecule has 2 fully saturated rings. The van der Waals surface area contributed by atoms with Gasteiger partial charge in [0, 0.05) is 6.04 Å². The number of carboxylic acid groups (broad SMARTS) is 1. The van der Waals surface area contributed by atoms with Crippen LogP contribution < -0.4 is 5.32 Å². The number of rotatable bonds is 3. The molecule has 1 aliphatic heterocycles. The Hall–Kier alpha value is -1.10. The topological polar surface area (TPSA) is 75.6 Å². The van der Waals surface area contributed by atoms with Gasteiger partial charge in [0.25, 0.3) is 0 Å². The molecule has 102 valence electrons. The van der Waals surface area contributed by atoms with E-state index in [2.05, 4.69) is 5.32 Å². The first-order chi connectivity index (χ1) is 8.66. The lowest BCUT2D eigenvalue weighted by Crippen LogP contribution is -2.41. The highest BCUT2D eigenvalue weighted by atomic mass is 16.5. The lowest BCUT2D eigenvalue weighted by Gasteiger charge is -2.19. The molecule has 5 heteroatoms. The van der Waals surface area contributed by atoms with Crippen molar-refractivity contribution in [2.75, 3.05) is 0 Å². The van der Waals surface area contributed by atoms with Gasteiger partial charge in [0.1, 0.15) is 6.10 Å². The van der Waals surface area contributed by atoms with Gasteiger partial charge >= 0.3 is 5.97 Å². The molecule has 0 spiro atoms. The van der Waals surface area contributed by atoms with Crippen LogP contribution in [0.1, 0.15) is 51.4 Å². The molecule has 2 aliphatic rings. The summed E-state index contributed by atoms with van der Waals surface area (Å²) in [5.41, 5.74) is 0. The van der Waals surface area contributed by atoms with Gasteiger partial charge in [0.2, 0.25) is 5.91 Å². The maximum atomic E-state index is 12.0. The number of carboxylic acids is 1. The van der Waals surface area contributed by atoms with Crippen LogP contribution in [0.25, 0.3) is 0 Å². The first kappa shape index (κ1) is 13.3. The van der Waals surface area contributed by atoms with E-state index < -0.39 is 18.2 Å². The van der Waals surface area contributed by atoms with Crippen molar-refractivity contribution < 1.29 is 19.4 Å². The average molecular weight is 255 g/mol. The van der Waals surface area contributed by atoms with E-state index in [1.54, 1.807) is 0 Å². The van der Waals surface area contributed by atoms with Gasteiger partial charge in [-0.15, -0.1) is 0 Å². The summed E-state index contributed by atoms with van der Waals surface area (Å²) in [6, 6.07) is 0.243. The Morgan fingerprint density at radius 2 is 1.56 bits per heavy atom. The molecular formula is C13H21NO4. The fourth-order valence-corrected chi connectivity index (χ4v) is 2.73. The number of aliphatic carboxylic acids is 1. The molecule has 2 rings (SSSR count). The SMILES string of the molecule is O=C(NC1CCCCCC1)[C@@H]1CC[C@H](C(=O)O)O1. The number of hydrogen-bond acceptors (Lipinski definition) is 3. The Kier molecular flexibility index (Phi) is 4.58. The lowest BCUT2D eigenvalue weighted by molar-refractivity contribution is -0.151. The minimum Gasteiger partial charge on any atom is -0.479 e. The van der Waals surface area contributed by atoms with Crippen LogP contribution in [0.15, 0.2) is 0 Å². The summed E-state index contributed by atoms with van der Waals surface area (Å²) >= 11 is 0. The van der Waals surface area contributed by atoms with E-state index >= 15 is 0 Å². The molecule has 0 bridgehead atoms. The monoisotopic (exact) mass is 255 g/mol. The highest BCUT2D eigenvalue weighted by Gasteiger charge is 2.35. The van der Waals surface area contributed by atoms with Crippen LogP contribution in [0.5, 0.6) is 0 Å². The highest BCUT2D eigenvalue weighted by Crippen LogP contribution is 2.22. The smallest absolute Gasteiger partial charge is 0.332 e. The first-order valence-corrected chi connectivity index (χ1v) is 6.85. The largest absolute Gasteiger partial charge is 0.479 e. The van der Waals surface area contributed by atoms with Crippen molar-refractivity contribution in [1.29, 1.82) is 0 Å². The molecule has 0 radical (unpaired) electrons. The molecule has 2 N–H and O–H groups in total. The zero-order valence-corrected chi connectivity index (χ0v) is 10.6. The molecule has 18 heavy (non-hydrogen) atoms. The van der Waals surface area contributed by atoms with Crippen LogP contribution in [0.4, 0.5) is 0 Å². The van der Waals surface area contributed by atoms with E-state index in [4.69, 9.17) is 9.84 Å². The fraction of sp³-hybridized carbons (Fsp3) is 0.846. The van der Waals surface area contributed by atoms with Gasteiger partial charge in [0.05, 0.1) is 0 Å². The van der Waals surface area contributed by atoms with Gasteiger partial charge in [0.15, 0.2) is 6.10 Å². The van der Waals surface area contributed by atoms with Crippen LogP contribution in [0.2, 0.25) is 0 Å². The van der Waals surface area contributed by atoms with Crippen molar-refractivity contribution in [2.24, 2.45) is 0 Å². The predicted molar refractivity (Wildman–Crippen MR) is 65.2 cm³/mol. The third-order valence-electron chi connectivity index (χ3n) is 3.79. The van der Waals surface area contributed by atoms with Crippen LogP contribution >= 0.6 is 0 Å². The molecule has 5 nitrogen and oxygen atoms in total. The molecule has 1 saturated carbocycles. The number of amides is 1. The number of nitrogens with one attached hydrogen (secondary N) is 1. The standard InChI is InChI=1S/C13H21NO4/c15-12(10-7-8-11(18-10)13(16)17)14-9-5-3-1-2-4-6-9/h9-11H,1-8H2,(H,14,15)(H,16,17)/t10-,11+/m0/s1. The highest BCUT2D eigenvalue weighted by molar-refractivity contribution is 5.82. The molecule has 1 aliphatic carbocycles. The normalized spacial score (nSPS) is 29.8. The van der Waals surface area contributed by atoms with Crippen molar-refractivity contribution in [2.45, 2.75) is 69.6 Å². The third-order valence-corrected chi connectivity index (χ3v) is 3.79. The van der Waals surface area contributed by atoms with Gasteiger partial charge < -0.3 is 15.2 Å². The summed E-state index contributed by atoms with van der Waals surface area (Å²) in [6.45, 7) is 0. The third kappa shape index (κ3) is 3.45. The molecule has 1 heterocycles. The van der Waals surface area contributed by atoms with E-state index in [0.29, 0.717) is 12.8 Å². The summed E-state index contributed by atoms with van der Waals surface area (Å²) in [4.78, 5) is 22.7. The molecule has 0 aromatic heterocycles. The van der Waals surface area contributed by atoms with Crippen molar-refractivity contribution in [3.05, 3.63) is 0 Å². The maximum absolute atomic E-state index is 12.0. The van der Waals surface area contributed by atoms with Crippen LogP contribution in [-0.2, 0) is 14.3 Å². The minimum atomic E-state index is -0.972. The minimum absolute atomic E-state index is 0.134. The van der Waals surface area contributed by atoms with Crippen molar-refractivity contribution >= 4 is 11.9 Å². The second kappa shape index (κ2) is 6.18. The quantitative estimate of drug-likeness (QED) is 0.749. The Morgan fingerprint density at radius 1 is 0.944 bits per heavy atom. The molecule has 1 amide bonds. The summed E-state index contributed by atoms with van der Waals surface area (Å²) < 4.78 is 5.25. The van der Waals surface area contributed by atoms with Crippen LogP contribution in [0.3, 0.4) is 0 Å².